The number of carbonyl (C=O) groups excluding carboxylic acids is 1. The minimum Gasteiger partial charge on any atom is -0.389 e. The first-order valence-corrected chi connectivity index (χ1v) is 7.04. The van der Waals surface area contributed by atoms with Crippen molar-refractivity contribution in [3.8, 4) is 0 Å². The third-order valence-electron chi connectivity index (χ3n) is 2.98. The van der Waals surface area contributed by atoms with Gasteiger partial charge < -0.3 is 16.8 Å². The number of aromatic nitrogens is 2. The first-order chi connectivity index (χ1) is 9.40. The lowest BCUT2D eigenvalue weighted by molar-refractivity contribution is -0.118. The van der Waals surface area contributed by atoms with Crippen LogP contribution < -0.4 is 16.8 Å². The third kappa shape index (κ3) is 3.86. The summed E-state index contributed by atoms with van der Waals surface area (Å²) in [6.07, 6.45) is 1.74. The topological polar surface area (TPSA) is 107 Å². The van der Waals surface area contributed by atoms with E-state index in [1.807, 2.05) is 20.8 Å². The molecule has 0 spiro atoms. The minimum absolute atomic E-state index is 0.160. The van der Waals surface area contributed by atoms with Crippen LogP contribution in [0.15, 0.2) is 0 Å². The molecule has 0 bridgehead atoms. The van der Waals surface area contributed by atoms with Crippen molar-refractivity contribution in [1.82, 2.24) is 10.2 Å². The second kappa shape index (κ2) is 7.14. The number of rotatable bonds is 7. The molecule has 1 amide bonds. The van der Waals surface area contributed by atoms with Crippen LogP contribution in [0.5, 0.6) is 0 Å². The van der Waals surface area contributed by atoms with E-state index in [1.54, 1.807) is 0 Å². The molecule has 1 rings (SSSR count). The van der Waals surface area contributed by atoms with E-state index in [0.29, 0.717) is 11.4 Å². The summed E-state index contributed by atoms with van der Waals surface area (Å²) in [6, 6.07) is -0.160. The van der Waals surface area contributed by atoms with Gasteiger partial charge in [-0.2, -0.15) is 5.10 Å². The Hall–Kier alpha value is -1.76. The number of nitrogens with one attached hydrogen (secondary N) is 1. The maximum Gasteiger partial charge on any atom is 0.219 e. The standard InChI is InChI=1S/C13H21N5OS/c1-4-8-9(5-2)17-18-13(11(8)12(15)20)16-7(3)6-10(14)19/h7H,4-6H2,1-3H3,(H2,14,19)(H2,15,20)(H,16,18). The van der Waals surface area contributed by atoms with Gasteiger partial charge in [0, 0.05) is 12.5 Å². The van der Waals surface area contributed by atoms with Crippen molar-refractivity contribution in [3.05, 3.63) is 16.8 Å². The molecular weight excluding hydrogens is 274 g/mol. The summed E-state index contributed by atoms with van der Waals surface area (Å²) in [6.45, 7) is 5.87. The van der Waals surface area contributed by atoms with Gasteiger partial charge in [0.1, 0.15) is 4.99 Å². The number of hydrogen-bond acceptors (Lipinski definition) is 5. The van der Waals surface area contributed by atoms with Crippen LogP contribution in [0.3, 0.4) is 0 Å². The van der Waals surface area contributed by atoms with Crippen molar-refractivity contribution < 1.29 is 4.79 Å². The zero-order valence-corrected chi connectivity index (χ0v) is 12.9. The molecule has 1 unspecified atom stereocenters. The van der Waals surface area contributed by atoms with Crippen molar-refractivity contribution in [2.45, 2.75) is 46.1 Å². The number of thiocarbonyl (C=S) groups is 1. The first-order valence-electron chi connectivity index (χ1n) is 6.63. The average molecular weight is 295 g/mol. The normalized spacial score (nSPS) is 11.9. The molecule has 1 aromatic rings. The van der Waals surface area contributed by atoms with E-state index in [0.717, 1.165) is 24.1 Å². The van der Waals surface area contributed by atoms with Crippen LogP contribution in [0.1, 0.15) is 44.0 Å². The van der Waals surface area contributed by atoms with Gasteiger partial charge in [-0.05, 0) is 25.3 Å². The maximum absolute atomic E-state index is 10.9. The summed E-state index contributed by atoms with van der Waals surface area (Å²) in [4.78, 5) is 11.2. The fourth-order valence-electron chi connectivity index (χ4n) is 2.13. The molecule has 0 aliphatic carbocycles. The number of hydrogen-bond donors (Lipinski definition) is 3. The van der Waals surface area contributed by atoms with Crippen LogP contribution in [0, 0.1) is 0 Å². The number of aryl methyl sites for hydroxylation is 1. The number of amides is 1. The average Bonchev–Trinajstić information content (AvgIpc) is 2.36. The van der Waals surface area contributed by atoms with Crippen molar-refractivity contribution in [3.63, 3.8) is 0 Å². The molecule has 0 aliphatic heterocycles. The van der Waals surface area contributed by atoms with Crippen LogP contribution in [-0.4, -0.2) is 27.1 Å². The molecule has 0 aromatic carbocycles. The SMILES string of the molecule is CCc1nnc(NC(C)CC(N)=O)c(C(N)=S)c1CC. The van der Waals surface area contributed by atoms with E-state index in [4.69, 9.17) is 23.7 Å². The van der Waals surface area contributed by atoms with E-state index in [2.05, 4.69) is 15.5 Å². The van der Waals surface area contributed by atoms with Crippen LogP contribution in [0.2, 0.25) is 0 Å². The van der Waals surface area contributed by atoms with Gasteiger partial charge in [0.15, 0.2) is 5.82 Å². The summed E-state index contributed by atoms with van der Waals surface area (Å²) >= 11 is 5.13. The number of anilines is 1. The number of primary amides is 1. The molecule has 0 radical (unpaired) electrons. The second-order valence-electron chi connectivity index (χ2n) is 4.64. The lowest BCUT2D eigenvalue weighted by Crippen LogP contribution is -2.27. The van der Waals surface area contributed by atoms with Gasteiger partial charge >= 0.3 is 0 Å². The van der Waals surface area contributed by atoms with E-state index in [9.17, 15) is 4.79 Å². The van der Waals surface area contributed by atoms with E-state index >= 15 is 0 Å². The number of carbonyl (C=O) groups is 1. The Morgan fingerprint density at radius 1 is 1.30 bits per heavy atom. The second-order valence-corrected chi connectivity index (χ2v) is 5.08. The van der Waals surface area contributed by atoms with E-state index in [-0.39, 0.29) is 23.4 Å². The molecular formula is C13H21N5OS. The molecule has 5 N–H and O–H groups in total. The Morgan fingerprint density at radius 3 is 2.40 bits per heavy atom. The van der Waals surface area contributed by atoms with Gasteiger partial charge in [-0.15, -0.1) is 5.10 Å². The van der Waals surface area contributed by atoms with Crippen molar-refractivity contribution in [2.24, 2.45) is 11.5 Å². The lowest BCUT2D eigenvalue weighted by atomic mass is 10.0. The van der Waals surface area contributed by atoms with Gasteiger partial charge in [0.05, 0.1) is 11.3 Å². The van der Waals surface area contributed by atoms with Crippen LogP contribution in [0.4, 0.5) is 5.82 Å². The van der Waals surface area contributed by atoms with E-state index in [1.165, 1.54) is 0 Å². The molecule has 0 saturated carbocycles. The highest BCUT2D eigenvalue weighted by atomic mass is 32.1. The summed E-state index contributed by atoms with van der Waals surface area (Å²) in [5.74, 6) is 0.135. The molecule has 110 valence electrons. The molecule has 0 fully saturated rings. The predicted molar refractivity (Wildman–Crippen MR) is 83.6 cm³/mol. The summed E-state index contributed by atoms with van der Waals surface area (Å²) in [5, 5.41) is 11.5. The summed E-state index contributed by atoms with van der Waals surface area (Å²) < 4.78 is 0. The maximum atomic E-state index is 10.9. The fraction of sp³-hybridized carbons (Fsp3) is 0.538. The number of nitrogens with zero attached hydrogens (tertiary/aromatic N) is 2. The van der Waals surface area contributed by atoms with Gasteiger partial charge in [-0.1, -0.05) is 26.1 Å². The van der Waals surface area contributed by atoms with Crippen LogP contribution >= 0.6 is 12.2 Å². The molecule has 0 aliphatic rings. The Labute approximate surface area is 124 Å². The Kier molecular flexibility index (Phi) is 5.82. The molecule has 20 heavy (non-hydrogen) atoms. The van der Waals surface area contributed by atoms with Crippen LogP contribution in [0.25, 0.3) is 0 Å². The molecule has 1 heterocycles. The quantitative estimate of drug-likeness (QED) is 0.645. The molecule has 7 heteroatoms. The lowest BCUT2D eigenvalue weighted by Gasteiger charge is -2.18. The largest absolute Gasteiger partial charge is 0.389 e. The highest BCUT2D eigenvalue weighted by Gasteiger charge is 2.18. The Balaban J connectivity index is 3.19. The number of nitrogens with two attached hydrogens (primary N) is 2. The first kappa shape index (κ1) is 16.3. The van der Waals surface area contributed by atoms with E-state index < -0.39 is 0 Å². The molecule has 0 saturated heterocycles. The summed E-state index contributed by atoms with van der Waals surface area (Å²) in [7, 11) is 0. The predicted octanol–water partition coefficient (Wildman–Crippen LogP) is 0.911. The van der Waals surface area contributed by atoms with Gasteiger partial charge in [0.25, 0.3) is 0 Å². The van der Waals surface area contributed by atoms with Crippen molar-refractivity contribution in [2.75, 3.05) is 5.32 Å². The van der Waals surface area contributed by atoms with Crippen LogP contribution in [-0.2, 0) is 17.6 Å². The highest BCUT2D eigenvalue weighted by molar-refractivity contribution is 7.80. The summed E-state index contributed by atoms with van der Waals surface area (Å²) in [5.41, 5.74) is 13.6. The molecule has 6 nitrogen and oxygen atoms in total. The molecule has 1 aromatic heterocycles. The fourth-order valence-corrected chi connectivity index (χ4v) is 2.35. The highest BCUT2D eigenvalue weighted by Crippen LogP contribution is 2.21. The van der Waals surface area contributed by atoms with Gasteiger partial charge in [0.2, 0.25) is 5.91 Å². The minimum atomic E-state index is -0.379. The zero-order valence-electron chi connectivity index (χ0n) is 12.1. The Bertz CT molecular complexity index is 518. The Morgan fingerprint density at radius 2 is 1.95 bits per heavy atom. The van der Waals surface area contributed by atoms with Crippen molar-refractivity contribution >= 4 is 28.9 Å². The van der Waals surface area contributed by atoms with Gasteiger partial charge in [-0.3, -0.25) is 4.79 Å². The third-order valence-corrected chi connectivity index (χ3v) is 3.19. The monoisotopic (exact) mass is 295 g/mol. The van der Waals surface area contributed by atoms with Gasteiger partial charge in [-0.25, -0.2) is 0 Å². The smallest absolute Gasteiger partial charge is 0.219 e. The molecule has 1 atom stereocenters. The zero-order chi connectivity index (χ0) is 15.3. The van der Waals surface area contributed by atoms with Crippen molar-refractivity contribution in [1.29, 1.82) is 0 Å².